The summed E-state index contributed by atoms with van der Waals surface area (Å²) in [4.78, 5) is 0. The molecule has 0 spiro atoms. The number of hydrogen-bond donors (Lipinski definition) is 2. The fraction of sp³-hybridized carbons (Fsp3) is 0.286. The summed E-state index contributed by atoms with van der Waals surface area (Å²) in [5.41, 5.74) is -1.32. The molecule has 1 radical (unpaired) electrons. The van der Waals surface area contributed by atoms with Crippen LogP contribution in [-0.2, 0) is 0 Å². The first-order chi connectivity index (χ1) is 4.13. The van der Waals surface area contributed by atoms with Gasteiger partial charge in [0, 0.05) is 0 Å². The molecule has 0 aromatic heterocycles. The van der Waals surface area contributed by atoms with E-state index >= 15 is 0 Å². The molecule has 1 rings (SSSR count). The van der Waals surface area contributed by atoms with Crippen molar-refractivity contribution in [3.63, 3.8) is 0 Å². The molecule has 1 aliphatic rings. The van der Waals surface area contributed by atoms with Gasteiger partial charge < -0.3 is 10.2 Å². The number of hydrogen-bond acceptors (Lipinski definition) is 2. The third-order valence-corrected chi connectivity index (χ3v) is 1.30. The van der Waals surface area contributed by atoms with E-state index in [0.29, 0.717) is 0 Å². The summed E-state index contributed by atoms with van der Waals surface area (Å²) in [6, 6.07) is 0. The molecule has 2 heteroatoms. The lowest BCUT2D eigenvalue weighted by Crippen LogP contribution is -2.37. The van der Waals surface area contributed by atoms with E-state index in [-0.39, 0.29) is 0 Å². The highest BCUT2D eigenvalue weighted by molar-refractivity contribution is 5.23. The maximum atomic E-state index is 9.14. The van der Waals surface area contributed by atoms with Gasteiger partial charge in [-0.1, -0.05) is 24.3 Å². The van der Waals surface area contributed by atoms with Crippen molar-refractivity contribution in [2.45, 2.75) is 11.7 Å². The predicted octanol–water partition coefficient (Wildman–Crippen LogP) is 0.0385. The molecule has 0 heterocycles. The Balaban J connectivity index is 2.78. The van der Waals surface area contributed by atoms with Crippen LogP contribution in [-0.4, -0.2) is 21.9 Å². The SMILES string of the molecule is [CH2]C1(O)C=CC=CC1O. The van der Waals surface area contributed by atoms with E-state index in [1.807, 2.05) is 0 Å². The molecule has 9 heavy (non-hydrogen) atoms. The Hall–Kier alpha value is -0.600. The highest BCUT2D eigenvalue weighted by Crippen LogP contribution is 2.15. The van der Waals surface area contributed by atoms with Crippen molar-refractivity contribution in [2.24, 2.45) is 0 Å². The Bertz CT molecular complexity index is 156. The van der Waals surface area contributed by atoms with Crippen molar-refractivity contribution in [3.05, 3.63) is 31.2 Å². The molecule has 0 saturated heterocycles. The van der Waals surface area contributed by atoms with Gasteiger partial charge in [0.25, 0.3) is 0 Å². The first-order valence-electron chi connectivity index (χ1n) is 2.75. The molecule has 0 bridgehead atoms. The summed E-state index contributed by atoms with van der Waals surface area (Å²) in [5, 5.41) is 18.1. The molecule has 0 aromatic carbocycles. The number of allylic oxidation sites excluding steroid dienone is 2. The highest BCUT2D eigenvalue weighted by atomic mass is 16.3. The van der Waals surface area contributed by atoms with Gasteiger partial charge in [0.05, 0.1) is 0 Å². The Morgan fingerprint density at radius 2 is 2.11 bits per heavy atom. The van der Waals surface area contributed by atoms with Gasteiger partial charge in [-0.3, -0.25) is 0 Å². The van der Waals surface area contributed by atoms with Crippen molar-refractivity contribution in [2.75, 3.05) is 0 Å². The van der Waals surface area contributed by atoms with E-state index in [4.69, 9.17) is 10.2 Å². The minimum absolute atomic E-state index is 0.873. The van der Waals surface area contributed by atoms with Gasteiger partial charge in [0.15, 0.2) is 0 Å². The van der Waals surface area contributed by atoms with Crippen LogP contribution in [0, 0.1) is 6.92 Å². The van der Waals surface area contributed by atoms with Crippen LogP contribution < -0.4 is 0 Å². The van der Waals surface area contributed by atoms with Crippen molar-refractivity contribution in [1.82, 2.24) is 0 Å². The smallest absolute Gasteiger partial charge is 0.113 e. The number of aliphatic hydroxyl groups excluding tert-OH is 1. The lowest BCUT2D eigenvalue weighted by molar-refractivity contribution is 0.0193. The molecular weight excluding hydrogens is 116 g/mol. The van der Waals surface area contributed by atoms with E-state index < -0.39 is 11.7 Å². The Morgan fingerprint density at radius 1 is 1.44 bits per heavy atom. The van der Waals surface area contributed by atoms with Crippen LogP contribution in [0.4, 0.5) is 0 Å². The van der Waals surface area contributed by atoms with Crippen LogP contribution in [0.25, 0.3) is 0 Å². The van der Waals surface area contributed by atoms with Crippen molar-refractivity contribution in [1.29, 1.82) is 0 Å². The maximum absolute atomic E-state index is 9.14. The molecule has 49 valence electrons. The maximum Gasteiger partial charge on any atom is 0.113 e. The van der Waals surface area contributed by atoms with Crippen molar-refractivity contribution < 1.29 is 10.2 Å². The summed E-state index contributed by atoms with van der Waals surface area (Å²) in [5.74, 6) is 0. The molecule has 0 saturated carbocycles. The molecule has 2 atom stereocenters. The first-order valence-corrected chi connectivity index (χ1v) is 2.75. The second-order valence-corrected chi connectivity index (χ2v) is 2.18. The highest BCUT2D eigenvalue weighted by Gasteiger charge is 2.26. The van der Waals surface area contributed by atoms with Crippen LogP contribution in [0.5, 0.6) is 0 Å². The number of aliphatic hydroxyl groups is 2. The lowest BCUT2D eigenvalue weighted by atomic mass is 9.95. The summed E-state index contributed by atoms with van der Waals surface area (Å²) >= 11 is 0. The summed E-state index contributed by atoms with van der Waals surface area (Å²) in [6.45, 7) is 3.38. The van der Waals surface area contributed by atoms with Gasteiger partial charge in [-0.2, -0.15) is 0 Å². The first kappa shape index (κ1) is 6.52. The van der Waals surface area contributed by atoms with E-state index in [9.17, 15) is 0 Å². The molecular formula is C7H9O2. The van der Waals surface area contributed by atoms with Crippen molar-refractivity contribution >= 4 is 0 Å². The summed E-state index contributed by atoms with van der Waals surface area (Å²) in [6.07, 6.45) is 5.40. The van der Waals surface area contributed by atoms with E-state index in [2.05, 4.69) is 6.92 Å². The quantitative estimate of drug-likeness (QED) is 0.480. The second kappa shape index (κ2) is 1.97. The fourth-order valence-corrected chi connectivity index (χ4v) is 0.657. The minimum atomic E-state index is -1.32. The largest absolute Gasteiger partial charge is 0.386 e. The zero-order chi connectivity index (χ0) is 6.91. The third kappa shape index (κ3) is 1.20. The van der Waals surface area contributed by atoms with Gasteiger partial charge in [-0.05, 0) is 6.92 Å². The van der Waals surface area contributed by atoms with Gasteiger partial charge in [0.1, 0.15) is 11.7 Å². The van der Waals surface area contributed by atoms with Gasteiger partial charge >= 0.3 is 0 Å². The standard InChI is InChI=1S/C7H9O2/c1-7(9)5-3-2-4-6(7)8/h2-6,8-9H,1H2. The van der Waals surface area contributed by atoms with Gasteiger partial charge in [0.2, 0.25) is 0 Å². The Labute approximate surface area is 54.1 Å². The zero-order valence-corrected chi connectivity index (χ0v) is 4.99. The molecule has 1 aliphatic carbocycles. The van der Waals surface area contributed by atoms with E-state index in [1.165, 1.54) is 12.2 Å². The molecule has 0 aliphatic heterocycles. The predicted molar refractivity (Wildman–Crippen MR) is 34.6 cm³/mol. The molecule has 0 amide bonds. The lowest BCUT2D eigenvalue weighted by Gasteiger charge is -2.24. The van der Waals surface area contributed by atoms with E-state index in [1.54, 1.807) is 12.2 Å². The fourth-order valence-electron chi connectivity index (χ4n) is 0.657. The van der Waals surface area contributed by atoms with Crippen LogP contribution >= 0.6 is 0 Å². The van der Waals surface area contributed by atoms with Crippen LogP contribution in [0.2, 0.25) is 0 Å². The summed E-state index contributed by atoms with van der Waals surface area (Å²) < 4.78 is 0. The average molecular weight is 125 g/mol. The zero-order valence-electron chi connectivity index (χ0n) is 4.99. The topological polar surface area (TPSA) is 40.5 Å². The molecule has 2 unspecified atom stereocenters. The molecule has 2 nitrogen and oxygen atoms in total. The molecule has 2 N–H and O–H groups in total. The Kier molecular flexibility index (Phi) is 1.43. The average Bonchev–Trinajstić information content (AvgIpc) is 1.77. The second-order valence-electron chi connectivity index (χ2n) is 2.18. The van der Waals surface area contributed by atoms with Gasteiger partial charge in [-0.15, -0.1) is 0 Å². The molecule has 0 aromatic rings. The van der Waals surface area contributed by atoms with Crippen LogP contribution in [0.15, 0.2) is 24.3 Å². The monoisotopic (exact) mass is 125 g/mol. The third-order valence-electron chi connectivity index (χ3n) is 1.30. The van der Waals surface area contributed by atoms with E-state index in [0.717, 1.165) is 0 Å². The minimum Gasteiger partial charge on any atom is -0.386 e. The van der Waals surface area contributed by atoms with Gasteiger partial charge in [-0.25, -0.2) is 0 Å². The van der Waals surface area contributed by atoms with Crippen molar-refractivity contribution in [3.8, 4) is 0 Å². The normalized spacial score (nSPS) is 41.4. The molecule has 0 fully saturated rings. The van der Waals surface area contributed by atoms with Crippen LogP contribution in [0.3, 0.4) is 0 Å². The van der Waals surface area contributed by atoms with Crippen LogP contribution in [0.1, 0.15) is 0 Å². The summed E-state index contributed by atoms with van der Waals surface area (Å²) in [7, 11) is 0. The number of rotatable bonds is 0. The Morgan fingerprint density at radius 3 is 2.44 bits per heavy atom.